The molecule has 0 aliphatic heterocycles. The van der Waals surface area contributed by atoms with E-state index in [9.17, 15) is 22.4 Å². The zero-order chi connectivity index (χ0) is 28.7. The van der Waals surface area contributed by atoms with E-state index in [4.69, 9.17) is 23.2 Å². The van der Waals surface area contributed by atoms with E-state index in [-0.39, 0.29) is 29.7 Å². The van der Waals surface area contributed by atoms with E-state index in [1.807, 2.05) is 30.3 Å². The summed E-state index contributed by atoms with van der Waals surface area (Å²) in [7, 11) is -4.00. The standard InChI is InChI=1S/C28H30Cl2FN3O4S/c1-19(2)32-28(36)26(14-20-8-5-4-6-9-20)33(17-21-12-13-22(29)15-25(21)30)27(35)18-34(39(3,37)38)24-11-7-10-23(31)16-24/h4-13,15-16,19,26H,14,17-18H2,1-3H3,(H,32,36)/t26-/m0/s1. The van der Waals surface area contributed by atoms with Gasteiger partial charge in [-0.25, -0.2) is 12.8 Å². The molecular formula is C28H30Cl2FN3O4S. The summed E-state index contributed by atoms with van der Waals surface area (Å²) >= 11 is 12.5. The van der Waals surface area contributed by atoms with Gasteiger partial charge in [0.1, 0.15) is 18.4 Å². The summed E-state index contributed by atoms with van der Waals surface area (Å²) in [5.41, 5.74) is 1.30. The average molecular weight is 595 g/mol. The highest BCUT2D eigenvalue weighted by atomic mass is 35.5. The zero-order valence-electron chi connectivity index (χ0n) is 21.8. The molecule has 0 heterocycles. The third kappa shape index (κ3) is 8.68. The summed E-state index contributed by atoms with van der Waals surface area (Å²) in [4.78, 5) is 28.7. The van der Waals surface area contributed by atoms with Crippen LogP contribution < -0.4 is 9.62 Å². The molecule has 3 rings (SSSR count). The Labute approximate surface area is 238 Å². The second-order valence-corrected chi connectivity index (χ2v) is 12.1. The quantitative estimate of drug-likeness (QED) is 0.336. The molecule has 2 amide bonds. The molecule has 0 saturated heterocycles. The van der Waals surface area contributed by atoms with E-state index < -0.39 is 40.2 Å². The summed E-state index contributed by atoms with van der Waals surface area (Å²) < 4.78 is 40.2. The SMILES string of the molecule is CC(C)NC(=O)[C@H](Cc1ccccc1)N(Cc1ccc(Cl)cc1Cl)C(=O)CN(c1cccc(F)c1)S(C)(=O)=O. The molecule has 0 aromatic heterocycles. The third-order valence-electron chi connectivity index (χ3n) is 5.83. The first-order valence-electron chi connectivity index (χ1n) is 12.2. The number of hydrogen-bond donors (Lipinski definition) is 1. The summed E-state index contributed by atoms with van der Waals surface area (Å²) in [5, 5.41) is 3.55. The highest BCUT2D eigenvalue weighted by Gasteiger charge is 2.33. The summed E-state index contributed by atoms with van der Waals surface area (Å²) in [6.45, 7) is 2.84. The molecule has 0 saturated carbocycles. The Hall–Kier alpha value is -3.14. The first kappa shape index (κ1) is 30.4. The number of amides is 2. The molecule has 1 N–H and O–H groups in total. The van der Waals surface area contributed by atoms with Gasteiger partial charge in [0.25, 0.3) is 0 Å². The Morgan fingerprint density at radius 1 is 0.974 bits per heavy atom. The summed E-state index contributed by atoms with van der Waals surface area (Å²) in [6, 6.07) is 17.7. The number of nitrogens with zero attached hydrogens (tertiary/aromatic N) is 2. The van der Waals surface area contributed by atoms with Gasteiger partial charge < -0.3 is 10.2 Å². The minimum Gasteiger partial charge on any atom is -0.352 e. The van der Waals surface area contributed by atoms with Crippen molar-refractivity contribution in [3.63, 3.8) is 0 Å². The number of carbonyl (C=O) groups excluding carboxylic acids is 2. The van der Waals surface area contributed by atoms with Crippen molar-refractivity contribution < 1.29 is 22.4 Å². The van der Waals surface area contributed by atoms with E-state index in [0.29, 0.717) is 10.6 Å². The first-order valence-corrected chi connectivity index (χ1v) is 14.8. The Balaban J connectivity index is 2.08. The van der Waals surface area contributed by atoms with Crippen molar-refractivity contribution in [2.24, 2.45) is 0 Å². The van der Waals surface area contributed by atoms with Gasteiger partial charge in [0.2, 0.25) is 21.8 Å². The predicted molar refractivity (Wildman–Crippen MR) is 153 cm³/mol. The number of halogens is 3. The van der Waals surface area contributed by atoms with E-state index >= 15 is 0 Å². The number of hydrogen-bond acceptors (Lipinski definition) is 4. The highest BCUT2D eigenvalue weighted by molar-refractivity contribution is 7.92. The molecule has 39 heavy (non-hydrogen) atoms. The molecule has 0 unspecified atom stereocenters. The molecule has 0 radical (unpaired) electrons. The lowest BCUT2D eigenvalue weighted by Crippen LogP contribution is -2.54. The van der Waals surface area contributed by atoms with E-state index in [2.05, 4.69) is 5.32 Å². The van der Waals surface area contributed by atoms with Gasteiger partial charge in [-0.15, -0.1) is 0 Å². The van der Waals surface area contributed by atoms with E-state index in [1.54, 1.807) is 26.0 Å². The highest BCUT2D eigenvalue weighted by Crippen LogP contribution is 2.25. The van der Waals surface area contributed by atoms with Crippen molar-refractivity contribution in [1.29, 1.82) is 0 Å². The second-order valence-electron chi connectivity index (χ2n) is 9.38. The topological polar surface area (TPSA) is 86.8 Å². The van der Waals surface area contributed by atoms with Crippen LogP contribution in [0.3, 0.4) is 0 Å². The normalized spacial score (nSPS) is 12.2. The molecule has 0 fully saturated rings. The van der Waals surface area contributed by atoms with Crippen LogP contribution in [0.2, 0.25) is 10.0 Å². The van der Waals surface area contributed by atoms with Crippen LogP contribution in [0, 0.1) is 5.82 Å². The number of sulfonamides is 1. The van der Waals surface area contributed by atoms with Crippen molar-refractivity contribution in [2.45, 2.75) is 38.9 Å². The molecule has 208 valence electrons. The van der Waals surface area contributed by atoms with Gasteiger partial charge in [-0.2, -0.15) is 0 Å². The zero-order valence-corrected chi connectivity index (χ0v) is 24.1. The molecule has 0 aliphatic rings. The summed E-state index contributed by atoms with van der Waals surface area (Å²) in [5.74, 6) is -1.74. The second kappa shape index (κ2) is 13.3. The van der Waals surface area contributed by atoms with Crippen molar-refractivity contribution in [3.8, 4) is 0 Å². The molecule has 0 aliphatic carbocycles. The molecular weight excluding hydrogens is 564 g/mol. The smallest absolute Gasteiger partial charge is 0.244 e. The fourth-order valence-corrected chi connectivity index (χ4v) is 5.32. The fraction of sp³-hybridized carbons (Fsp3) is 0.286. The van der Waals surface area contributed by atoms with Crippen LogP contribution in [0.25, 0.3) is 0 Å². The van der Waals surface area contributed by atoms with Crippen LogP contribution in [-0.4, -0.2) is 50.0 Å². The Kier molecular flexibility index (Phi) is 10.4. The lowest BCUT2D eigenvalue weighted by molar-refractivity contribution is -0.140. The number of rotatable bonds is 11. The minimum atomic E-state index is -4.00. The molecule has 7 nitrogen and oxygen atoms in total. The maximum absolute atomic E-state index is 14.0. The van der Waals surface area contributed by atoms with Gasteiger partial charge >= 0.3 is 0 Å². The lowest BCUT2D eigenvalue weighted by atomic mass is 10.0. The molecule has 0 bridgehead atoms. The maximum atomic E-state index is 14.0. The van der Waals surface area contributed by atoms with E-state index in [1.165, 1.54) is 29.2 Å². The van der Waals surface area contributed by atoms with Crippen LogP contribution in [0.5, 0.6) is 0 Å². The van der Waals surface area contributed by atoms with Gasteiger partial charge in [-0.3, -0.25) is 13.9 Å². The van der Waals surface area contributed by atoms with Crippen LogP contribution in [0.4, 0.5) is 10.1 Å². The van der Waals surface area contributed by atoms with Gasteiger partial charge in [-0.1, -0.05) is 65.7 Å². The predicted octanol–water partition coefficient (Wildman–Crippen LogP) is 5.06. The number of nitrogens with one attached hydrogen (secondary N) is 1. The molecule has 0 spiro atoms. The van der Waals surface area contributed by atoms with Crippen LogP contribution in [0.1, 0.15) is 25.0 Å². The van der Waals surface area contributed by atoms with Crippen molar-refractivity contribution >= 4 is 50.7 Å². The molecule has 1 atom stereocenters. The summed E-state index contributed by atoms with van der Waals surface area (Å²) in [6.07, 6.45) is 1.09. The third-order valence-corrected chi connectivity index (χ3v) is 7.56. The van der Waals surface area contributed by atoms with Gasteiger partial charge in [0.05, 0.1) is 11.9 Å². The molecule has 3 aromatic rings. The Morgan fingerprint density at radius 2 is 1.67 bits per heavy atom. The molecule has 3 aromatic carbocycles. The van der Waals surface area contributed by atoms with Gasteiger partial charge in [-0.05, 0) is 55.3 Å². The average Bonchev–Trinajstić information content (AvgIpc) is 2.85. The fourth-order valence-electron chi connectivity index (χ4n) is 4.01. The Bertz CT molecular complexity index is 1420. The molecule has 11 heteroatoms. The largest absolute Gasteiger partial charge is 0.352 e. The van der Waals surface area contributed by atoms with Crippen LogP contribution in [-0.2, 0) is 32.6 Å². The van der Waals surface area contributed by atoms with Gasteiger partial charge in [0.15, 0.2) is 0 Å². The monoisotopic (exact) mass is 593 g/mol. The van der Waals surface area contributed by atoms with Crippen molar-refractivity contribution in [2.75, 3.05) is 17.1 Å². The maximum Gasteiger partial charge on any atom is 0.244 e. The number of carbonyl (C=O) groups is 2. The number of benzene rings is 3. The van der Waals surface area contributed by atoms with Crippen molar-refractivity contribution in [1.82, 2.24) is 10.2 Å². The van der Waals surface area contributed by atoms with E-state index in [0.717, 1.165) is 22.2 Å². The number of anilines is 1. The van der Waals surface area contributed by atoms with Crippen LogP contribution in [0.15, 0.2) is 72.8 Å². The van der Waals surface area contributed by atoms with Crippen molar-refractivity contribution in [3.05, 3.63) is 99.8 Å². The Morgan fingerprint density at radius 3 is 2.26 bits per heavy atom. The first-order chi connectivity index (χ1) is 18.3. The lowest BCUT2D eigenvalue weighted by Gasteiger charge is -2.34. The van der Waals surface area contributed by atoms with Crippen LogP contribution >= 0.6 is 23.2 Å². The minimum absolute atomic E-state index is 0.0124. The van der Waals surface area contributed by atoms with Gasteiger partial charge in [0, 0.05) is 29.1 Å².